The number of hydrogen-bond acceptors (Lipinski definition) is 7. The van der Waals surface area contributed by atoms with Gasteiger partial charge in [0.25, 0.3) is 11.6 Å². The van der Waals surface area contributed by atoms with Gasteiger partial charge in [0.2, 0.25) is 5.78 Å². The van der Waals surface area contributed by atoms with Crippen LogP contribution in [0.1, 0.15) is 4.88 Å². The van der Waals surface area contributed by atoms with E-state index in [0.29, 0.717) is 0 Å². The first kappa shape index (κ1) is 14.8. The molecule has 8 nitrogen and oxygen atoms in total. The second-order valence-electron chi connectivity index (χ2n) is 3.34. The summed E-state index contributed by atoms with van der Waals surface area (Å²) in [6.07, 6.45) is -0.374. The van der Waals surface area contributed by atoms with Crippen LogP contribution in [0.3, 0.4) is 0 Å². The molecule has 0 unspecified atom stereocenters. The van der Waals surface area contributed by atoms with Crippen LogP contribution in [-0.4, -0.2) is 36.2 Å². The summed E-state index contributed by atoms with van der Waals surface area (Å²) in [6, 6.07) is 1.26. The van der Waals surface area contributed by atoms with Crippen molar-refractivity contribution in [1.82, 2.24) is 5.32 Å². The zero-order chi connectivity index (χ0) is 14.4. The average molecular weight is 286 g/mol. The Morgan fingerprint density at radius 2 is 2.16 bits per heavy atom. The Bertz CT molecular complexity index is 524. The third-order valence-corrected chi connectivity index (χ3v) is 3.02. The second kappa shape index (κ2) is 6.59. The Balaban J connectivity index is 2.59. The normalized spacial score (nSPS) is 9.74. The molecule has 0 aliphatic rings. The van der Waals surface area contributed by atoms with Gasteiger partial charge < -0.3 is 10.1 Å². The van der Waals surface area contributed by atoms with Gasteiger partial charge in [0.15, 0.2) is 0 Å². The van der Waals surface area contributed by atoms with Crippen LogP contribution in [0.4, 0.5) is 5.69 Å². The Kier molecular flexibility index (Phi) is 5.12. The quantitative estimate of drug-likeness (QED) is 0.342. The Morgan fingerprint density at radius 1 is 1.47 bits per heavy atom. The van der Waals surface area contributed by atoms with Gasteiger partial charge in [0.05, 0.1) is 23.3 Å². The minimum atomic E-state index is -0.979. The van der Waals surface area contributed by atoms with E-state index >= 15 is 0 Å². The number of ether oxygens (including phenoxy) is 1. The number of ketones is 1. The lowest BCUT2D eigenvalue weighted by Gasteiger charge is -2.02. The second-order valence-corrected chi connectivity index (χ2v) is 4.35. The van der Waals surface area contributed by atoms with Crippen molar-refractivity contribution in [3.8, 4) is 0 Å². The molecule has 1 aromatic rings. The van der Waals surface area contributed by atoms with Crippen LogP contribution >= 0.6 is 11.3 Å². The number of amides is 1. The molecule has 0 saturated carbocycles. The molecule has 0 aliphatic carbocycles. The smallest absolute Gasteiger partial charge is 0.325 e. The standard InChI is InChI=1S/C10H10N2O6S/c1-18-9(14)5-11-10(15)7(13)4-8-6(12(16)17)2-3-19-8/h2-3H,4-5H2,1H3,(H,11,15). The van der Waals surface area contributed by atoms with Crippen LogP contribution in [0.25, 0.3) is 0 Å². The first-order valence-electron chi connectivity index (χ1n) is 5.04. The molecule has 19 heavy (non-hydrogen) atoms. The lowest BCUT2D eigenvalue weighted by molar-refractivity contribution is -0.385. The molecule has 1 N–H and O–H groups in total. The Hall–Kier alpha value is -2.29. The summed E-state index contributed by atoms with van der Waals surface area (Å²) < 4.78 is 4.28. The van der Waals surface area contributed by atoms with Crippen LogP contribution in [0.15, 0.2) is 11.4 Å². The molecule has 1 rings (SSSR count). The summed E-state index contributed by atoms with van der Waals surface area (Å²) in [6.45, 7) is -0.423. The lowest BCUT2D eigenvalue weighted by Crippen LogP contribution is -2.36. The predicted octanol–water partition coefficient (Wildman–Crippen LogP) is 0.0571. The minimum Gasteiger partial charge on any atom is -0.468 e. The first-order valence-corrected chi connectivity index (χ1v) is 5.92. The Morgan fingerprint density at radius 3 is 2.74 bits per heavy atom. The number of rotatable bonds is 6. The number of carbonyl (C=O) groups excluding carboxylic acids is 3. The van der Waals surface area contributed by atoms with Crippen LogP contribution in [0.5, 0.6) is 0 Å². The predicted molar refractivity (Wildman–Crippen MR) is 64.7 cm³/mol. The fourth-order valence-electron chi connectivity index (χ4n) is 1.18. The summed E-state index contributed by atoms with van der Waals surface area (Å²) >= 11 is 1.02. The number of methoxy groups -OCH3 is 1. The first-order chi connectivity index (χ1) is 8.95. The number of nitrogens with one attached hydrogen (secondary N) is 1. The van der Waals surface area contributed by atoms with E-state index in [1.165, 1.54) is 11.4 Å². The van der Waals surface area contributed by atoms with Gasteiger partial charge in [-0.15, -0.1) is 11.3 Å². The summed E-state index contributed by atoms with van der Waals surface area (Å²) in [5.74, 6) is -2.52. The van der Waals surface area contributed by atoms with Crippen molar-refractivity contribution >= 4 is 34.7 Å². The van der Waals surface area contributed by atoms with Crippen molar-refractivity contribution in [2.24, 2.45) is 0 Å². The van der Waals surface area contributed by atoms with Crippen molar-refractivity contribution < 1.29 is 24.0 Å². The van der Waals surface area contributed by atoms with Crippen LogP contribution < -0.4 is 5.32 Å². The maximum atomic E-state index is 11.5. The fourth-order valence-corrected chi connectivity index (χ4v) is 2.02. The number of nitro groups is 1. The molecule has 102 valence electrons. The summed E-state index contributed by atoms with van der Waals surface area (Å²) in [4.78, 5) is 43.8. The molecule has 0 fully saturated rings. The zero-order valence-corrected chi connectivity index (χ0v) is 10.7. The molecule has 0 spiro atoms. The summed E-state index contributed by atoms with van der Waals surface area (Å²) in [5.41, 5.74) is -0.195. The van der Waals surface area contributed by atoms with Gasteiger partial charge in [0, 0.05) is 6.07 Å². The van der Waals surface area contributed by atoms with E-state index in [2.05, 4.69) is 10.1 Å². The highest BCUT2D eigenvalue weighted by atomic mass is 32.1. The van der Waals surface area contributed by atoms with Gasteiger partial charge in [-0.05, 0) is 5.38 Å². The third-order valence-electron chi connectivity index (χ3n) is 2.11. The molecular weight excluding hydrogens is 276 g/mol. The van der Waals surface area contributed by atoms with Crippen molar-refractivity contribution in [1.29, 1.82) is 0 Å². The SMILES string of the molecule is COC(=O)CNC(=O)C(=O)Cc1sccc1[N+](=O)[O-]. The average Bonchev–Trinajstić information content (AvgIpc) is 2.83. The number of esters is 1. The number of carbonyl (C=O) groups is 3. The van der Waals surface area contributed by atoms with E-state index in [9.17, 15) is 24.5 Å². The number of Topliss-reactive ketones (excluding diaryl/α,β-unsaturated/α-hetero) is 1. The largest absolute Gasteiger partial charge is 0.468 e. The van der Waals surface area contributed by atoms with Gasteiger partial charge >= 0.3 is 5.97 Å². The van der Waals surface area contributed by atoms with Gasteiger partial charge in [-0.1, -0.05) is 0 Å². The highest BCUT2D eigenvalue weighted by Gasteiger charge is 2.22. The molecule has 0 aliphatic heterocycles. The van der Waals surface area contributed by atoms with Gasteiger partial charge in [-0.3, -0.25) is 24.5 Å². The lowest BCUT2D eigenvalue weighted by atomic mass is 10.2. The number of nitrogens with zero attached hydrogens (tertiary/aromatic N) is 1. The van der Waals surface area contributed by atoms with Crippen LogP contribution in [0, 0.1) is 10.1 Å². The van der Waals surface area contributed by atoms with E-state index in [4.69, 9.17) is 0 Å². The molecule has 0 atom stereocenters. The van der Waals surface area contributed by atoms with Crippen LogP contribution in [-0.2, 0) is 25.5 Å². The van der Waals surface area contributed by atoms with Crippen molar-refractivity contribution in [3.05, 3.63) is 26.4 Å². The molecule has 0 bridgehead atoms. The van der Waals surface area contributed by atoms with Crippen molar-refractivity contribution in [2.45, 2.75) is 6.42 Å². The molecule has 0 radical (unpaired) electrons. The number of hydrogen-bond donors (Lipinski definition) is 1. The van der Waals surface area contributed by atoms with Gasteiger partial charge in [-0.2, -0.15) is 0 Å². The van der Waals surface area contributed by atoms with Gasteiger partial charge in [-0.25, -0.2) is 0 Å². The van der Waals surface area contributed by atoms with E-state index in [1.54, 1.807) is 0 Å². The van der Waals surface area contributed by atoms with E-state index in [1.807, 2.05) is 0 Å². The topological polar surface area (TPSA) is 116 Å². The Labute approximate surface area is 111 Å². The monoisotopic (exact) mass is 286 g/mol. The maximum Gasteiger partial charge on any atom is 0.325 e. The summed E-state index contributed by atoms with van der Waals surface area (Å²) in [7, 11) is 1.14. The molecule has 1 aromatic heterocycles. The molecule has 0 aromatic carbocycles. The fraction of sp³-hybridized carbons (Fsp3) is 0.300. The maximum absolute atomic E-state index is 11.5. The van der Waals surface area contributed by atoms with E-state index in [-0.39, 0.29) is 17.0 Å². The molecule has 1 heterocycles. The van der Waals surface area contributed by atoms with E-state index < -0.39 is 29.1 Å². The zero-order valence-electron chi connectivity index (χ0n) is 9.87. The van der Waals surface area contributed by atoms with Crippen LogP contribution in [0.2, 0.25) is 0 Å². The molecule has 1 amide bonds. The highest BCUT2D eigenvalue weighted by molar-refractivity contribution is 7.10. The summed E-state index contributed by atoms with van der Waals surface area (Å²) in [5, 5.41) is 14.2. The molecule has 9 heteroatoms. The number of thiophene rings is 1. The molecular formula is C10H10N2O6S. The van der Waals surface area contributed by atoms with Crippen molar-refractivity contribution in [2.75, 3.05) is 13.7 Å². The van der Waals surface area contributed by atoms with Crippen molar-refractivity contribution in [3.63, 3.8) is 0 Å². The highest BCUT2D eigenvalue weighted by Crippen LogP contribution is 2.24. The van der Waals surface area contributed by atoms with Gasteiger partial charge in [0.1, 0.15) is 6.54 Å². The van der Waals surface area contributed by atoms with E-state index in [0.717, 1.165) is 18.4 Å². The third kappa shape index (κ3) is 4.14. The molecule has 0 saturated heterocycles. The minimum absolute atomic E-state index is 0.195.